The van der Waals surface area contributed by atoms with Gasteiger partial charge in [0.15, 0.2) is 0 Å². The van der Waals surface area contributed by atoms with E-state index in [1.807, 2.05) is 19.2 Å². The molecule has 3 nitrogen and oxygen atoms in total. The standard InChI is InChI=1S/C13H19NO2/c1-14-8-11-6-13(7-11)16-9-10-2-4-12(15)5-3-10/h2-5,11,13-15H,6-9H2,1H3. The molecule has 0 unspecified atom stereocenters. The van der Waals surface area contributed by atoms with Crippen molar-refractivity contribution in [2.75, 3.05) is 13.6 Å². The van der Waals surface area contributed by atoms with Crippen LogP contribution in [0.25, 0.3) is 0 Å². The van der Waals surface area contributed by atoms with Crippen molar-refractivity contribution in [3.05, 3.63) is 29.8 Å². The normalized spacial score (nSPS) is 24.1. The van der Waals surface area contributed by atoms with Crippen LogP contribution in [0.15, 0.2) is 24.3 Å². The SMILES string of the molecule is CNCC1CC(OCc2ccc(O)cc2)C1. The van der Waals surface area contributed by atoms with Gasteiger partial charge in [0.1, 0.15) is 5.75 Å². The molecule has 2 rings (SSSR count). The van der Waals surface area contributed by atoms with Gasteiger partial charge in [0, 0.05) is 0 Å². The Bertz CT molecular complexity index is 317. The quantitative estimate of drug-likeness (QED) is 0.798. The van der Waals surface area contributed by atoms with Crippen LogP contribution in [0.1, 0.15) is 18.4 Å². The van der Waals surface area contributed by atoms with Crippen molar-refractivity contribution in [3.63, 3.8) is 0 Å². The smallest absolute Gasteiger partial charge is 0.115 e. The summed E-state index contributed by atoms with van der Waals surface area (Å²) in [6, 6.07) is 7.20. The number of hydrogen-bond donors (Lipinski definition) is 2. The van der Waals surface area contributed by atoms with Crippen molar-refractivity contribution in [2.24, 2.45) is 5.92 Å². The summed E-state index contributed by atoms with van der Waals surface area (Å²) in [5.74, 6) is 1.09. The Morgan fingerprint density at radius 2 is 2.00 bits per heavy atom. The van der Waals surface area contributed by atoms with Crippen molar-refractivity contribution in [2.45, 2.75) is 25.6 Å². The first-order valence-corrected chi connectivity index (χ1v) is 5.82. The molecule has 0 amide bonds. The van der Waals surface area contributed by atoms with E-state index in [0.717, 1.165) is 18.0 Å². The third-order valence-electron chi connectivity index (χ3n) is 3.11. The van der Waals surface area contributed by atoms with E-state index in [9.17, 15) is 0 Å². The first kappa shape index (κ1) is 11.4. The van der Waals surface area contributed by atoms with Crippen LogP contribution in [0.5, 0.6) is 5.75 Å². The second kappa shape index (κ2) is 5.32. The van der Waals surface area contributed by atoms with Crippen molar-refractivity contribution >= 4 is 0 Å². The molecule has 0 atom stereocenters. The van der Waals surface area contributed by atoms with Crippen LogP contribution >= 0.6 is 0 Å². The Labute approximate surface area is 96.4 Å². The second-order valence-electron chi connectivity index (χ2n) is 4.49. The third kappa shape index (κ3) is 2.97. The summed E-state index contributed by atoms with van der Waals surface area (Å²) in [4.78, 5) is 0. The number of nitrogens with one attached hydrogen (secondary N) is 1. The minimum atomic E-state index is 0.307. The lowest BCUT2D eigenvalue weighted by Gasteiger charge is -2.35. The van der Waals surface area contributed by atoms with E-state index in [4.69, 9.17) is 9.84 Å². The molecule has 0 saturated heterocycles. The van der Waals surface area contributed by atoms with Crippen LogP contribution in [0.4, 0.5) is 0 Å². The number of ether oxygens (including phenoxy) is 1. The van der Waals surface area contributed by atoms with Crippen molar-refractivity contribution in [1.29, 1.82) is 0 Å². The molecular weight excluding hydrogens is 202 g/mol. The van der Waals surface area contributed by atoms with Gasteiger partial charge in [-0.3, -0.25) is 0 Å². The predicted molar refractivity (Wildman–Crippen MR) is 63.3 cm³/mol. The summed E-state index contributed by atoms with van der Waals surface area (Å²) in [6.07, 6.45) is 2.75. The summed E-state index contributed by atoms with van der Waals surface area (Å²) in [5, 5.41) is 12.3. The molecule has 0 spiro atoms. The molecule has 0 heterocycles. The Balaban J connectivity index is 1.67. The maximum atomic E-state index is 9.14. The highest BCUT2D eigenvalue weighted by Crippen LogP contribution is 2.30. The van der Waals surface area contributed by atoms with Gasteiger partial charge in [-0.1, -0.05) is 12.1 Å². The minimum absolute atomic E-state index is 0.307. The van der Waals surface area contributed by atoms with E-state index in [1.165, 1.54) is 12.8 Å². The Hall–Kier alpha value is -1.06. The number of benzene rings is 1. The Morgan fingerprint density at radius 1 is 1.31 bits per heavy atom. The fourth-order valence-electron chi connectivity index (χ4n) is 2.07. The topological polar surface area (TPSA) is 41.5 Å². The highest BCUT2D eigenvalue weighted by atomic mass is 16.5. The molecule has 0 aliphatic heterocycles. The largest absolute Gasteiger partial charge is 0.508 e. The summed E-state index contributed by atoms with van der Waals surface area (Å²) < 4.78 is 5.77. The maximum Gasteiger partial charge on any atom is 0.115 e. The predicted octanol–water partition coefficient (Wildman–Crippen LogP) is 1.91. The highest BCUT2D eigenvalue weighted by molar-refractivity contribution is 5.25. The van der Waals surface area contributed by atoms with Crippen LogP contribution < -0.4 is 5.32 Å². The van der Waals surface area contributed by atoms with E-state index in [0.29, 0.717) is 18.5 Å². The maximum absolute atomic E-state index is 9.14. The summed E-state index contributed by atoms with van der Waals surface area (Å²) in [5.41, 5.74) is 1.12. The average molecular weight is 221 g/mol. The summed E-state index contributed by atoms with van der Waals surface area (Å²) in [7, 11) is 1.99. The fraction of sp³-hybridized carbons (Fsp3) is 0.538. The van der Waals surface area contributed by atoms with Gasteiger partial charge in [0.25, 0.3) is 0 Å². The molecule has 88 valence electrons. The van der Waals surface area contributed by atoms with E-state index >= 15 is 0 Å². The van der Waals surface area contributed by atoms with E-state index in [-0.39, 0.29) is 0 Å². The van der Waals surface area contributed by atoms with Crippen molar-refractivity contribution < 1.29 is 9.84 Å². The molecule has 0 aromatic heterocycles. The van der Waals surface area contributed by atoms with Crippen LogP contribution in [0, 0.1) is 5.92 Å². The van der Waals surface area contributed by atoms with Gasteiger partial charge in [-0.25, -0.2) is 0 Å². The van der Waals surface area contributed by atoms with Gasteiger partial charge in [-0.05, 0) is 50.0 Å². The van der Waals surface area contributed by atoms with E-state index in [2.05, 4.69) is 5.32 Å². The van der Waals surface area contributed by atoms with E-state index < -0.39 is 0 Å². The molecular formula is C13H19NO2. The van der Waals surface area contributed by atoms with Crippen molar-refractivity contribution in [1.82, 2.24) is 5.32 Å². The number of hydrogen-bond acceptors (Lipinski definition) is 3. The van der Waals surface area contributed by atoms with Gasteiger partial charge in [-0.2, -0.15) is 0 Å². The number of phenols is 1. The number of rotatable bonds is 5. The monoisotopic (exact) mass is 221 g/mol. The third-order valence-corrected chi connectivity index (χ3v) is 3.11. The zero-order valence-electron chi connectivity index (χ0n) is 9.65. The molecule has 1 aromatic carbocycles. The van der Waals surface area contributed by atoms with Crippen LogP contribution in [-0.4, -0.2) is 24.8 Å². The lowest BCUT2D eigenvalue weighted by Crippen LogP contribution is -2.36. The Morgan fingerprint density at radius 3 is 2.62 bits per heavy atom. The van der Waals surface area contributed by atoms with Gasteiger partial charge in [0.05, 0.1) is 12.7 Å². The fourth-order valence-corrected chi connectivity index (χ4v) is 2.07. The molecule has 1 saturated carbocycles. The second-order valence-corrected chi connectivity index (χ2v) is 4.49. The van der Waals surface area contributed by atoms with E-state index in [1.54, 1.807) is 12.1 Å². The molecule has 3 heteroatoms. The first-order chi connectivity index (χ1) is 7.78. The molecule has 1 aliphatic rings. The van der Waals surface area contributed by atoms with Gasteiger partial charge in [-0.15, -0.1) is 0 Å². The molecule has 1 aliphatic carbocycles. The zero-order chi connectivity index (χ0) is 11.4. The summed E-state index contributed by atoms with van der Waals surface area (Å²) >= 11 is 0. The molecule has 1 aromatic rings. The van der Waals surface area contributed by atoms with Crippen LogP contribution in [0.2, 0.25) is 0 Å². The van der Waals surface area contributed by atoms with Crippen LogP contribution in [-0.2, 0) is 11.3 Å². The number of phenolic OH excluding ortho intramolecular Hbond substituents is 1. The average Bonchev–Trinajstić information content (AvgIpc) is 2.24. The molecule has 16 heavy (non-hydrogen) atoms. The van der Waals surface area contributed by atoms with Crippen LogP contribution in [0.3, 0.4) is 0 Å². The lowest BCUT2D eigenvalue weighted by atomic mass is 9.82. The van der Waals surface area contributed by atoms with Gasteiger partial charge >= 0.3 is 0 Å². The number of aromatic hydroxyl groups is 1. The molecule has 1 fully saturated rings. The Kier molecular flexibility index (Phi) is 3.80. The highest BCUT2D eigenvalue weighted by Gasteiger charge is 2.28. The summed E-state index contributed by atoms with van der Waals surface area (Å²) in [6.45, 7) is 1.75. The molecule has 0 bridgehead atoms. The van der Waals surface area contributed by atoms with Crippen molar-refractivity contribution in [3.8, 4) is 5.75 Å². The minimum Gasteiger partial charge on any atom is -0.508 e. The zero-order valence-corrected chi connectivity index (χ0v) is 9.65. The molecule has 0 radical (unpaired) electrons. The van der Waals surface area contributed by atoms with Gasteiger partial charge in [0.2, 0.25) is 0 Å². The first-order valence-electron chi connectivity index (χ1n) is 5.82. The lowest BCUT2D eigenvalue weighted by molar-refractivity contribution is -0.0391. The molecule has 2 N–H and O–H groups in total. The van der Waals surface area contributed by atoms with Gasteiger partial charge < -0.3 is 15.2 Å².